The number of ether oxygens (including phenoxy) is 1. The third-order valence-electron chi connectivity index (χ3n) is 9.28. The fourth-order valence-corrected chi connectivity index (χ4v) is 7.72. The maximum atomic E-state index is 14.2. The Balaban J connectivity index is 1.27. The number of rotatable bonds is 5. The molecule has 4 unspecified atom stereocenters. The Bertz CT molecular complexity index is 1920. The van der Waals surface area contributed by atoms with Gasteiger partial charge >= 0.3 is 0 Å². The summed E-state index contributed by atoms with van der Waals surface area (Å²) in [7, 11) is 1.46. The molecule has 4 atom stereocenters. The highest BCUT2D eigenvalue weighted by Crippen LogP contribution is 2.56. The van der Waals surface area contributed by atoms with E-state index in [1.807, 2.05) is 12.1 Å². The summed E-state index contributed by atoms with van der Waals surface area (Å²) in [5.74, 6) is -3.86. The van der Waals surface area contributed by atoms with Gasteiger partial charge in [0.15, 0.2) is 17.3 Å². The minimum absolute atomic E-state index is 0.0211. The molecule has 1 fully saturated rings. The number of hydrogen-bond donors (Lipinski definition) is 1. The highest BCUT2D eigenvalue weighted by molar-refractivity contribution is 9.12. The summed E-state index contributed by atoms with van der Waals surface area (Å²) in [6, 6.07) is 19.9. The molecule has 7 rings (SSSR count). The van der Waals surface area contributed by atoms with Crippen LogP contribution >= 0.6 is 15.9 Å². The van der Waals surface area contributed by atoms with Crippen molar-refractivity contribution in [3.63, 3.8) is 0 Å². The average molecular weight is 665 g/mol. The van der Waals surface area contributed by atoms with Crippen molar-refractivity contribution in [2.45, 2.75) is 18.8 Å². The number of benzene rings is 3. The maximum Gasteiger partial charge on any atom is 0.238 e. The average Bonchev–Trinajstić information content (AvgIpc) is 3.32. The van der Waals surface area contributed by atoms with E-state index in [4.69, 9.17) is 4.74 Å². The van der Waals surface area contributed by atoms with E-state index in [9.17, 15) is 29.1 Å². The number of halogens is 1. The molecule has 2 amide bonds. The minimum Gasteiger partial charge on any atom is -0.508 e. The van der Waals surface area contributed by atoms with E-state index in [0.717, 1.165) is 5.57 Å². The molecule has 4 aliphatic rings. The van der Waals surface area contributed by atoms with Crippen LogP contribution in [0.2, 0.25) is 0 Å². The van der Waals surface area contributed by atoms with Crippen molar-refractivity contribution in [3.8, 4) is 11.5 Å². The van der Waals surface area contributed by atoms with Gasteiger partial charge in [0.05, 0.1) is 29.1 Å². The molecule has 1 saturated heterocycles. The van der Waals surface area contributed by atoms with Crippen molar-refractivity contribution in [3.05, 3.63) is 123 Å². The first kappa shape index (κ1) is 28.9. The number of methoxy groups -OCH3 is 1. The Morgan fingerprint density at radius 3 is 2.33 bits per heavy atom. The highest BCUT2D eigenvalue weighted by Gasteiger charge is 2.57. The minimum atomic E-state index is -0.754. The highest BCUT2D eigenvalue weighted by atomic mass is 79.9. The number of carbonyl (C=O) groups excluding carboxylic acids is 5. The zero-order valence-corrected chi connectivity index (χ0v) is 25.6. The zero-order chi connectivity index (χ0) is 31.6. The molecular formula is C36H26BrNO7. The molecule has 9 heteroatoms. The topological polar surface area (TPSA) is 118 Å². The molecule has 0 spiro atoms. The Hall–Kier alpha value is -4.89. The van der Waals surface area contributed by atoms with Crippen LogP contribution in [0.1, 0.15) is 40.2 Å². The number of carbonyl (C=O) groups is 5. The SMILES string of the molecule is COc1cc(O)ccc1C1C2=CCC3C(=O)N(c4ccc(C(=O)c5ccccc5)cc4)C(=O)C3C2CC2=C1C(=O)C=C(Br)C2=O. The fraction of sp³-hybridized carbons (Fsp3) is 0.194. The maximum absolute atomic E-state index is 14.2. The summed E-state index contributed by atoms with van der Waals surface area (Å²) in [5.41, 5.74) is 3.32. The third-order valence-corrected chi connectivity index (χ3v) is 9.87. The number of phenolic OH excluding ortho intramolecular Hbond substituents is 1. The summed E-state index contributed by atoms with van der Waals surface area (Å²) in [4.78, 5) is 69.1. The number of aromatic hydroxyl groups is 1. The van der Waals surface area contributed by atoms with Crippen LogP contribution in [0.25, 0.3) is 0 Å². The van der Waals surface area contributed by atoms with Gasteiger partial charge in [-0.2, -0.15) is 0 Å². The molecule has 1 N–H and O–H groups in total. The predicted octanol–water partition coefficient (Wildman–Crippen LogP) is 5.60. The van der Waals surface area contributed by atoms with Gasteiger partial charge in [0.1, 0.15) is 11.5 Å². The number of imide groups is 1. The first-order chi connectivity index (χ1) is 21.7. The van der Waals surface area contributed by atoms with Crippen molar-refractivity contribution in [1.29, 1.82) is 0 Å². The van der Waals surface area contributed by atoms with Gasteiger partial charge in [-0.25, -0.2) is 0 Å². The summed E-state index contributed by atoms with van der Waals surface area (Å²) in [6.45, 7) is 0. The van der Waals surface area contributed by atoms with Crippen LogP contribution in [0.4, 0.5) is 5.69 Å². The summed E-state index contributed by atoms with van der Waals surface area (Å²) < 4.78 is 5.73. The van der Waals surface area contributed by atoms with Crippen molar-refractivity contribution in [2.24, 2.45) is 17.8 Å². The lowest BCUT2D eigenvalue weighted by molar-refractivity contribution is -0.123. The third kappa shape index (κ3) is 4.52. The van der Waals surface area contributed by atoms with Crippen molar-refractivity contribution < 1.29 is 33.8 Å². The van der Waals surface area contributed by atoms with Gasteiger partial charge in [0.2, 0.25) is 11.8 Å². The predicted molar refractivity (Wildman–Crippen MR) is 168 cm³/mol. The van der Waals surface area contributed by atoms with E-state index >= 15 is 0 Å². The Morgan fingerprint density at radius 1 is 0.911 bits per heavy atom. The Kier molecular flexibility index (Phi) is 7.00. The monoisotopic (exact) mass is 663 g/mol. The molecule has 8 nitrogen and oxygen atoms in total. The van der Waals surface area contributed by atoms with Gasteiger partial charge in [-0.05, 0) is 65.0 Å². The van der Waals surface area contributed by atoms with Crippen LogP contribution in [0, 0.1) is 17.8 Å². The molecule has 3 aromatic rings. The lowest BCUT2D eigenvalue weighted by atomic mass is 9.59. The van der Waals surface area contributed by atoms with Crippen LogP contribution in [0.3, 0.4) is 0 Å². The second kappa shape index (κ2) is 10.9. The number of allylic oxidation sites excluding steroid dienone is 6. The number of ketones is 3. The molecule has 0 aromatic heterocycles. The molecule has 224 valence electrons. The number of nitrogens with zero attached hydrogens (tertiary/aromatic N) is 1. The second-order valence-electron chi connectivity index (χ2n) is 11.6. The smallest absolute Gasteiger partial charge is 0.238 e. The number of phenols is 1. The molecule has 0 radical (unpaired) electrons. The van der Waals surface area contributed by atoms with Crippen LogP contribution in [-0.2, 0) is 19.2 Å². The van der Waals surface area contributed by atoms with Gasteiger partial charge < -0.3 is 9.84 Å². The fourth-order valence-electron chi connectivity index (χ4n) is 7.27. The lowest BCUT2D eigenvalue weighted by Crippen LogP contribution is -2.39. The lowest BCUT2D eigenvalue weighted by Gasteiger charge is -2.42. The van der Waals surface area contributed by atoms with Crippen LogP contribution < -0.4 is 9.64 Å². The van der Waals surface area contributed by atoms with Gasteiger partial charge in [0.25, 0.3) is 0 Å². The summed E-state index contributed by atoms with van der Waals surface area (Å²) in [6.07, 6.45) is 3.60. The van der Waals surface area contributed by atoms with E-state index in [1.165, 1.54) is 30.2 Å². The van der Waals surface area contributed by atoms with Crippen LogP contribution in [0.15, 0.2) is 106 Å². The van der Waals surface area contributed by atoms with E-state index < -0.39 is 23.7 Å². The molecule has 45 heavy (non-hydrogen) atoms. The van der Waals surface area contributed by atoms with E-state index in [0.29, 0.717) is 39.3 Å². The second-order valence-corrected chi connectivity index (χ2v) is 12.4. The molecular weight excluding hydrogens is 638 g/mol. The molecule has 0 bridgehead atoms. The first-order valence-corrected chi connectivity index (χ1v) is 15.3. The number of anilines is 1. The summed E-state index contributed by atoms with van der Waals surface area (Å²) >= 11 is 3.24. The van der Waals surface area contributed by atoms with Crippen LogP contribution in [0.5, 0.6) is 11.5 Å². The molecule has 3 aliphatic carbocycles. The van der Waals surface area contributed by atoms with Gasteiger partial charge in [0, 0.05) is 45.9 Å². The number of Topliss-reactive ketones (excluding diaryl/α,β-unsaturated/α-hetero) is 1. The normalized spacial score (nSPS) is 24.1. The van der Waals surface area contributed by atoms with E-state index in [1.54, 1.807) is 54.6 Å². The number of hydrogen-bond acceptors (Lipinski definition) is 7. The van der Waals surface area contributed by atoms with Gasteiger partial charge in [-0.3, -0.25) is 28.9 Å². The van der Waals surface area contributed by atoms with Crippen molar-refractivity contribution in [1.82, 2.24) is 0 Å². The van der Waals surface area contributed by atoms with Gasteiger partial charge in [-0.1, -0.05) is 48.0 Å². The largest absolute Gasteiger partial charge is 0.508 e. The van der Waals surface area contributed by atoms with Gasteiger partial charge in [-0.15, -0.1) is 0 Å². The number of amides is 2. The standard InChI is InChI=1S/C36H26BrNO7/c1-45-29-15-21(39)11-12-23(29)30-22-13-14-24-31(25(22)16-26-32(30)28(40)17-27(37)34(26)42)36(44)38(35(24)43)20-9-7-19(8-10-20)33(41)18-5-3-2-4-6-18/h2-13,15,17,24-25,30-31,39H,14,16H2,1H3. The van der Waals surface area contributed by atoms with E-state index in [-0.39, 0.29) is 52.2 Å². The quantitative estimate of drug-likeness (QED) is 0.163. The molecule has 1 aliphatic heterocycles. The van der Waals surface area contributed by atoms with Crippen molar-refractivity contribution >= 4 is 50.8 Å². The molecule has 3 aromatic carbocycles. The summed E-state index contributed by atoms with van der Waals surface area (Å²) in [5, 5.41) is 10.1. The van der Waals surface area contributed by atoms with Crippen LogP contribution in [-0.4, -0.2) is 41.4 Å². The zero-order valence-electron chi connectivity index (χ0n) is 24.0. The molecule has 1 heterocycles. The first-order valence-electron chi connectivity index (χ1n) is 14.5. The van der Waals surface area contributed by atoms with E-state index in [2.05, 4.69) is 15.9 Å². The van der Waals surface area contributed by atoms with Crippen molar-refractivity contribution in [2.75, 3.05) is 12.0 Å². The number of fused-ring (bicyclic) bond motifs is 3. The molecule has 0 saturated carbocycles. The Morgan fingerprint density at radius 2 is 1.62 bits per heavy atom. The Labute approximate surface area is 266 Å².